The Morgan fingerprint density at radius 2 is 1.05 bits per heavy atom. The minimum absolute atomic E-state index is 0.00717. The fraction of sp³-hybridized carbons (Fsp3) is 0.222. The van der Waals surface area contributed by atoms with E-state index in [2.05, 4.69) is 82.4 Å². The number of hydrogen-bond donors (Lipinski definition) is 6. The van der Waals surface area contributed by atoms with Crippen molar-refractivity contribution in [2.24, 2.45) is 0 Å². The van der Waals surface area contributed by atoms with E-state index in [1.54, 1.807) is 33.6 Å². The molecular formula is C36H32Br2F6N14O2. The van der Waals surface area contributed by atoms with Crippen LogP contribution in [-0.4, -0.2) is 85.2 Å². The van der Waals surface area contributed by atoms with Gasteiger partial charge >= 0.3 is 12.4 Å². The van der Waals surface area contributed by atoms with Gasteiger partial charge in [0, 0.05) is 56.7 Å². The molecule has 16 nitrogen and oxygen atoms in total. The lowest BCUT2D eigenvalue weighted by Gasteiger charge is -2.13. The lowest BCUT2D eigenvalue weighted by Crippen LogP contribution is -2.09. The van der Waals surface area contributed by atoms with E-state index in [-0.39, 0.29) is 30.2 Å². The number of alkyl halides is 6. The van der Waals surface area contributed by atoms with E-state index in [4.69, 9.17) is 21.7 Å². The number of aliphatic hydroxyl groups is 2. The van der Waals surface area contributed by atoms with Crippen molar-refractivity contribution in [3.8, 4) is 11.3 Å². The number of nitrogens with one attached hydrogen (secondary N) is 2. The molecule has 0 fully saturated rings. The van der Waals surface area contributed by atoms with Crippen LogP contribution in [0.1, 0.15) is 24.0 Å². The van der Waals surface area contributed by atoms with Crippen LogP contribution in [0.2, 0.25) is 0 Å². The molecule has 0 unspecified atom stereocenters. The number of anilines is 4. The summed E-state index contributed by atoms with van der Waals surface area (Å²) in [5.74, 6) is 1.09. The fourth-order valence-electron chi connectivity index (χ4n) is 5.59. The van der Waals surface area contributed by atoms with Crippen LogP contribution < -0.4 is 22.1 Å². The first-order valence-electron chi connectivity index (χ1n) is 17.5. The Kier molecular flexibility index (Phi) is 13.5. The van der Waals surface area contributed by atoms with Crippen molar-refractivity contribution in [1.82, 2.24) is 48.7 Å². The highest BCUT2D eigenvalue weighted by Crippen LogP contribution is 2.35. The van der Waals surface area contributed by atoms with Crippen molar-refractivity contribution in [3.63, 3.8) is 0 Å². The molecule has 8 aromatic rings. The summed E-state index contributed by atoms with van der Waals surface area (Å²) in [5, 5.41) is 23.9. The van der Waals surface area contributed by atoms with Gasteiger partial charge in [0.15, 0.2) is 22.9 Å². The molecule has 2 aromatic carbocycles. The maximum Gasteiger partial charge on any atom is 0.416 e. The lowest BCUT2D eigenvalue weighted by molar-refractivity contribution is -0.138. The van der Waals surface area contributed by atoms with Gasteiger partial charge in [-0.1, -0.05) is 0 Å². The topological polar surface area (TPSA) is 228 Å². The molecular weight excluding hydrogens is 934 g/mol. The Labute approximate surface area is 351 Å². The summed E-state index contributed by atoms with van der Waals surface area (Å²) in [5.41, 5.74) is 12.6. The summed E-state index contributed by atoms with van der Waals surface area (Å²) in [6.45, 7) is 0.801. The van der Waals surface area contributed by atoms with E-state index in [1.165, 1.54) is 24.5 Å². The summed E-state index contributed by atoms with van der Waals surface area (Å²) in [7, 11) is 0. The first-order chi connectivity index (χ1) is 28.6. The molecule has 60 heavy (non-hydrogen) atoms. The predicted octanol–water partition coefficient (Wildman–Crippen LogP) is 7.01. The van der Waals surface area contributed by atoms with Crippen molar-refractivity contribution in [1.29, 1.82) is 0 Å². The smallest absolute Gasteiger partial charge is 0.396 e. The average Bonchev–Trinajstić information content (AvgIpc) is 3.84. The number of fused-ring (bicyclic) bond motifs is 6. The van der Waals surface area contributed by atoms with E-state index in [9.17, 15) is 26.3 Å². The number of aliphatic hydroxyl groups excluding tert-OH is 2. The highest BCUT2D eigenvalue weighted by atomic mass is 79.9. The maximum absolute atomic E-state index is 13.2. The van der Waals surface area contributed by atoms with Crippen LogP contribution in [0.3, 0.4) is 0 Å². The van der Waals surface area contributed by atoms with Gasteiger partial charge in [-0.25, -0.2) is 39.9 Å². The number of aromatic nitrogens is 10. The number of halogens is 8. The molecule has 0 saturated heterocycles. The molecule has 0 bridgehead atoms. The zero-order chi connectivity index (χ0) is 43.2. The lowest BCUT2D eigenvalue weighted by atomic mass is 10.1. The summed E-state index contributed by atoms with van der Waals surface area (Å²) < 4.78 is 83.1. The molecule has 0 aliphatic rings. The first kappa shape index (κ1) is 43.6. The number of rotatable bonds is 9. The first-order valence-corrected chi connectivity index (χ1v) is 19.1. The second-order valence-corrected chi connectivity index (χ2v) is 14.2. The molecule has 6 aromatic heterocycles. The summed E-state index contributed by atoms with van der Waals surface area (Å²) in [6, 6.07) is 6.77. The summed E-state index contributed by atoms with van der Waals surface area (Å²) >= 11 is 6.51. The van der Waals surface area contributed by atoms with Gasteiger partial charge in [0.05, 0.1) is 55.8 Å². The van der Waals surface area contributed by atoms with Crippen LogP contribution in [-0.2, 0) is 12.4 Å². The third-order valence-electron chi connectivity index (χ3n) is 8.32. The van der Waals surface area contributed by atoms with Gasteiger partial charge in [0.2, 0.25) is 11.9 Å². The molecule has 8 N–H and O–H groups in total. The van der Waals surface area contributed by atoms with Crippen molar-refractivity contribution >= 4 is 88.8 Å². The van der Waals surface area contributed by atoms with Crippen molar-refractivity contribution < 1.29 is 36.6 Å². The quantitative estimate of drug-likeness (QED) is 0.0632. The van der Waals surface area contributed by atoms with Gasteiger partial charge in [0.1, 0.15) is 4.60 Å². The molecule has 0 atom stereocenters. The number of nitrogen functional groups attached to an aromatic ring is 2. The van der Waals surface area contributed by atoms with E-state index in [1.807, 2.05) is 0 Å². The van der Waals surface area contributed by atoms with Crippen molar-refractivity contribution in [2.75, 3.05) is 48.4 Å². The Morgan fingerprint density at radius 3 is 1.52 bits per heavy atom. The van der Waals surface area contributed by atoms with Crippen molar-refractivity contribution in [2.45, 2.75) is 25.2 Å². The number of imidazole rings is 2. The van der Waals surface area contributed by atoms with E-state index in [0.29, 0.717) is 81.7 Å². The van der Waals surface area contributed by atoms with E-state index < -0.39 is 23.5 Å². The molecule has 0 aliphatic carbocycles. The molecule has 314 valence electrons. The summed E-state index contributed by atoms with van der Waals surface area (Å²) in [4.78, 5) is 32.6. The second-order valence-electron chi connectivity index (χ2n) is 12.5. The molecule has 24 heteroatoms. The number of hydrogen-bond acceptors (Lipinski definition) is 14. The SMILES string of the molecule is Nc1ncc(-c2cnc3c(NCCCO)nc4cc(C(F)(F)F)ccc4n23)cn1.Nc1ncc(Br)cn1.OCCCNc1nc2cc(C(F)(F)F)ccc2n2c(Br)cnc12. The second kappa shape index (κ2) is 18.5. The number of benzene rings is 2. The average molecular weight is 967 g/mol. The molecule has 8 rings (SSSR count). The number of nitrogens with two attached hydrogens (primary N) is 2. The third kappa shape index (κ3) is 10.1. The molecule has 0 radical (unpaired) electrons. The Hall–Kier alpha value is -5.98. The Balaban J connectivity index is 0.000000173. The highest BCUT2D eigenvalue weighted by Gasteiger charge is 2.32. The minimum atomic E-state index is -4.49. The highest BCUT2D eigenvalue weighted by molar-refractivity contribution is 9.10. The van der Waals surface area contributed by atoms with Gasteiger partial charge in [-0.15, -0.1) is 0 Å². The van der Waals surface area contributed by atoms with Gasteiger partial charge < -0.3 is 32.3 Å². The largest absolute Gasteiger partial charge is 0.416 e. The molecule has 6 heterocycles. The predicted molar refractivity (Wildman–Crippen MR) is 219 cm³/mol. The van der Waals surface area contributed by atoms with Gasteiger partial charge in [0.25, 0.3) is 0 Å². The van der Waals surface area contributed by atoms with Gasteiger partial charge in [-0.2, -0.15) is 26.3 Å². The zero-order valence-electron chi connectivity index (χ0n) is 30.7. The van der Waals surface area contributed by atoms with E-state index in [0.717, 1.165) is 28.7 Å². The van der Waals surface area contributed by atoms with Crippen LogP contribution in [0.4, 0.5) is 49.9 Å². The normalized spacial score (nSPS) is 11.7. The van der Waals surface area contributed by atoms with Crippen LogP contribution in [0.15, 0.2) is 82.7 Å². The monoisotopic (exact) mass is 964 g/mol. The van der Waals surface area contributed by atoms with Crippen LogP contribution >= 0.6 is 31.9 Å². The number of nitrogens with zero attached hydrogens (tertiary/aromatic N) is 10. The van der Waals surface area contributed by atoms with Gasteiger partial charge in [-0.05, 0) is 81.1 Å². The van der Waals surface area contributed by atoms with Crippen LogP contribution in [0, 0.1) is 0 Å². The maximum atomic E-state index is 13.2. The van der Waals surface area contributed by atoms with Crippen molar-refractivity contribution in [3.05, 3.63) is 93.8 Å². The standard InChI is InChI=1S/C18H16F3N7O.C14H12BrF3N4O.C4H4BrN3/c19-18(20,21)11-2-3-13-12(6-11)27-15(23-4-1-5-29)16-24-9-14(28(13)16)10-7-25-17(22)26-8-10;15-11-7-20-13-12(19-4-1-5-23)21-9-6-8(14(16,17)18)2-3-10(9)22(11)13;5-3-1-7-4(6)8-2-3/h2-3,6-9,29H,1,4-5H2,(H,23,27)(H2,22,25,26);2-3,6-7,23H,1,4-5H2,(H,19,21);1-2H,(H2,6,7,8). The molecule has 0 aliphatic heterocycles. The van der Waals surface area contributed by atoms with Crippen LogP contribution in [0.25, 0.3) is 44.6 Å². The fourth-order valence-corrected chi connectivity index (χ4v) is 6.26. The molecule has 0 saturated carbocycles. The summed E-state index contributed by atoms with van der Waals surface area (Å²) in [6.07, 6.45) is 1.39. The molecule has 0 amide bonds. The Morgan fingerprint density at radius 1 is 0.600 bits per heavy atom. The van der Waals surface area contributed by atoms with Crippen LogP contribution in [0.5, 0.6) is 0 Å². The van der Waals surface area contributed by atoms with Gasteiger partial charge in [-0.3, -0.25) is 8.80 Å². The molecule has 0 spiro atoms. The Bertz CT molecular complexity index is 2710. The minimum Gasteiger partial charge on any atom is -0.396 e. The third-order valence-corrected chi connectivity index (χ3v) is 9.29. The zero-order valence-corrected chi connectivity index (χ0v) is 33.9. The van der Waals surface area contributed by atoms with E-state index >= 15 is 0 Å².